The van der Waals surface area contributed by atoms with Crippen molar-refractivity contribution in [2.75, 3.05) is 6.54 Å². The Balaban J connectivity index is 2.11. The van der Waals surface area contributed by atoms with E-state index in [4.69, 9.17) is 0 Å². The maximum Gasteiger partial charge on any atom is 0.336 e. The van der Waals surface area contributed by atoms with E-state index in [9.17, 15) is 14.7 Å². The lowest BCUT2D eigenvalue weighted by Crippen LogP contribution is -2.29. The highest BCUT2D eigenvalue weighted by atomic mass is 16.4. The first-order chi connectivity index (χ1) is 9.50. The topological polar surface area (TPSA) is 66.4 Å². The highest BCUT2D eigenvalue weighted by molar-refractivity contribution is 6.06. The quantitative estimate of drug-likeness (QED) is 0.868. The second-order valence-electron chi connectivity index (χ2n) is 5.60. The van der Waals surface area contributed by atoms with Gasteiger partial charge in [0.15, 0.2) is 0 Å². The molecule has 0 heterocycles. The molecule has 1 aliphatic carbocycles. The minimum atomic E-state index is -1.05. The number of amides is 1. The summed E-state index contributed by atoms with van der Waals surface area (Å²) in [4.78, 5) is 23.6. The Morgan fingerprint density at radius 3 is 2.30 bits per heavy atom. The third-order valence-electron chi connectivity index (χ3n) is 4.13. The van der Waals surface area contributed by atoms with E-state index < -0.39 is 5.97 Å². The first-order valence-electron chi connectivity index (χ1n) is 7.12. The van der Waals surface area contributed by atoms with Gasteiger partial charge >= 0.3 is 5.97 Å². The molecule has 1 aromatic rings. The molecule has 1 saturated carbocycles. The van der Waals surface area contributed by atoms with Gasteiger partial charge in [0.25, 0.3) is 5.91 Å². The molecule has 4 heteroatoms. The van der Waals surface area contributed by atoms with Gasteiger partial charge in [0.1, 0.15) is 0 Å². The summed E-state index contributed by atoms with van der Waals surface area (Å²) in [6, 6.07) is 3.53. The average molecular weight is 275 g/mol. The number of rotatable bonds is 5. The number of carbonyl (C=O) groups excluding carboxylic acids is 1. The lowest BCUT2D eigenvalue weighted by Gasteiger charge is -2.25. The number of aromatic carboxylic acids is 1. The zero-order valence-electron chi connectivity index (χ0n) is 12.0. The van der Waals surface area contributed by atoms with Crippen molar-refractivity contribution in [2.45, 2.75) is 39.5 Å². The summed E-state index contributed by atoms with van der Waals surface area (Å²) >= 11 is 0. The van der Waals surface area contributed by atoms with E-state index in [1.807, 2.05) is 0 Å². The van der Waals surface area contributed by atoms with Gasteiger partial charge in [0.2, 0.25) is 0 Å². The zero-order chi connectivity index (χ0) is 14.7. The van der Waals surface area contributed by atoms with Crippen LogP contribution in [0.25, 0.3) is 0 Å². The van der Waals surface area contributed by atoms with E-state index in [0.29, 0.717) is 23.2 Å². The van der Waals surface area contributed by atoms with Crippen molar-refractivity contribution in [3.05, 3.63) is 34.4 Å². The molecule has 1 aromatic carbocycles. The fraction of sp³-hybridized carbons (Fsp3) is 0.500. The Labute approximate surface area is 119 Å². The van der Waals surface area contributed by atoms with E-state index in [0.717, 1.165) is 12.3 Å². The van der Waals surface area contributed by atoms with Gasteiger partial charge in [-0.3, -0.25) is 4.79 Å². The number of carboxylic acids is 1. The smallest absolute Gasteiger partial charge is 0.336 e. The van der Waals surface area contributed by atoms with Crippen LogP contribution in [0.5, 0.6) is 0 Å². The van der Waals surface area contributed by atoms with Crippen molar-refractivity contribution in [3.63, 3.8) is 0 Å². The summed E-state index contributed by atoms with van der Waals surface area (Å²) in [6.45, 7) is 4.11. The van der Waals surface area contributed by atoms with E-state index >= 15 is 0 Å². The van der Waals surface area contributed by atoms with Crippen LogP contribution in [-0.2, 0) is 0 Å². The fourth-order valence-electron chi connectivity index (χ4n) is 2.64. The second kappa shape index (κ2) is 6.07. The number of aryl methyl sites for hydroxylation is 2. The highest BCUT2D eigenvalue weighted by Gasteiger charge is 2.22. The molecule has 0 radical (unpaired) electrons. The van der Waals surface area contributed by atoms with Gasteiger partial charge in [-0.2, -0.15) is 0 Å². The summed E-state index contributed by atoms with van der Waals surface area (Å²) in [5, 5.41) is 12.2. The molecule has 0 bridgehead atoms. The van der Waals surface area contributed by atoms with Crippen LogP contribution in [0.2, 0.25) is 0 Å². The Morgan fingerprint density at radius 2 is 1.80 bits per heavy atom. The third-order valence-corrected chi connectivity index (χ3v) is 4.13. The van der Waals surface area contributed by atoms with Crippen molar-refractivity contribution >= 4 is 11.9 Å². The number of hydrogen-bond acceptors (Lipinski definition) is 2. The number of carbonyl (C=O) groups is 2. The Kier molecular flexibility index (Phi) is 4.42. The van der Waals surface area contributed by atoms with Crippen LogP contribution in [0.3, 0.4) is 0 Å². The normalized spacial score (nSPS) is 14.7. The number of hydrogen-bond donors (Lipinski definition) is 2. The molecule has 0 spiro atoms. The van der Waals surface area contributed by atoms with Crippen LogP contribution >= 0.6 is 0 Å². The Bertz CT molecular complexity index is 533. The van der Waals surface area contributed by atoms with Crippen LogP contribution in [0.15, 0.2) is 12.1 Å². The van der Waals surface area contributed by atoms with Crippen molar-refractivity contribution in [1.82, 2.24) is 5.32 Å². The van der Waals surface area contributed by atoms with E-state index in [1.54, 1.807) is 26.0 Å². The van der Waals surface area contributed by atoms with Crippen LogP contribution in [0.1, 0.15) is 57.5 Å². The van der Waals surface area contributed by atoms with Gasteiger partial charge < -0.3 is 10.4 Å². The molecule has 0 unspecified atom stereocenters. The standard InChI is InChI=1S/C16H21NO3/c1-10-6-7-11(2)14(16(19)20)13(10)15(18)17-9-8-12-4-3-5-12/h6-7,12H,3-5,8-9H2,1-2H3,(H,17,18)(H,19,20). The van der Waals surface area contributed by atoms with Gasteiger partial charge in [0.05, 0.1) is 11.1 Å². The molecule has 2 N–H and O–H groups in total. The summed E-state index contributed by atoms with van der Waals surface area (Å²) in [5.74, 6) is -0.592. The monoisotopic (exact) mass is 275 g/mol. The number of nitrogens with one attached hydrogen (secondary N) is 1. The average Bonchev–Trinajstić information content (AvgIpc) is 2.34. The summed E-state index contributed by atoms with van der Waals surface area (Å²) in [5.41, 5.74) is 1.73. The van der Waals surface area contributed by atoms with Crippen LogP contribution in [0, 0.1) is 19.8 Å². The second-order valence-corrected chi connectivity index (χ2v) is 5.60. The summed E-state index contributed by atoms with van der Waals surface area (Å²) < 4.78 is 0. The number of carboxylic acid groups (broad SMARTS) is 1. The molecule has 2 rings (SSSR count). The zero-order valence-corrected chi connectivity index (χ0v) is 12.0. The Morgan fingerprint density at radius 1 is 1.20 bits per heavy atom. The maximum absolute atomic E-state index is 12.3. The fourth-order valence-corrected chi connectivity index (χ4v) is 2.64. The van der Waals surface area contributed by atoms with E-state index in [-0.39, 0.29) is 11.5 Å². The molecular formula is C16H21NO3. The largest absolute Gasteiger partial charge is 0.478 e. The molecule has 4 nitrogen and oxygen atoms in total. The Hall–Kier alpha value is -1.84. The minimum Gasteiger partial charge on any atom is -0.478 e. The van der Waals surface area contributed by atoms with Crippen molar-refractivity contribution in [2.24, 2.45) is 5.92 Å². The summed E-state index contributed by atoms with van der Waals surface area (Å²) in [7, 11) is 0. The molecule has 108 valence electrons. The van der Waals surface area contributed by atoms with Crippen molar-refractivity contribution < 1.29 is 14.7 Å². The lowest BCUT2D eigenvalue weighted by atomic mass is 9.83. The van der Waals surface area contributed by atoms with E-state index in [2.05, 4.69) is 5.32 Å². The minimum absolute atomic E-state index is 0.117. The van der Waals surface area contributed by atoms with Crippen molar-refractivity contribution in [1.29, 1.82) is 0 Å². The molecule has 0 aromatic heterocycles. The first kappa shape index (κ1) is 14.6. The molecular weight excluding hydrogens is 254 g/mol. The maximum atomic E-state index is 12.3. The van der Waals surface area contributed by atoms with Crippen LogP contribution in [0.4, 0.5) is 0 Å². The SMILES string of the molecule is Cc1ccc(C)c(C(=O)NCCC2CCC2)c1C(=O)O. The molecule has 1 aliphatic rings. The summed E-state index contributed by atoms with van der Waals surface area (Å²) in [6.07, 6.45) is 4.78. The van der Waals surface area contributed by atoms with Gasteiger partial charge in [-0.05, 0) is 37.3 Å². The predicted molar refractivity (Wildman–Crippen MR) is 77.2 cm³/mol. The third kappa shape index (κ3) is 3.00. The van der Waals surface area contributed by atoms with Gasteiger partial charge in [0, 0.05) is 6.54 Å². The van der Waals surface area contributed by atoms with Crippen LogP contribution in [-0.4, -0.2) is 23.5 Å². The van der Waals surface area contributed by atoms with E-state index in [1.165, 1.54) is 19.3 Å². The molecule has 20 heavy (non-hydrogen) atoms. The lowest BCUT2D eigenvalue weighted by molar-refractivity contribution is 0.0690. The highest BCUT2D eigenvalue weighted by Crippen LogP contribution is 2.28. The van der Waals surface area contributed by atoms with Gasteiger partial charge in [-0.1, -0.05) is 31.4 Å². The molecule has 0 aliphatic heterocycles. The van der Waals surface area contributed by atoms with Crippen LogP contribution < -0.4 is 5.32 Å². The van der Waals surface area contributed by atoms with Gasteiger partial charge in [-0.25, -0.2) is 4.79 Å². The predicted octanol–water partition coefficient (Wildman–Crippen LogP) is 2.92. The number of benzene rings is 1. The molecule has 0 saturated heterocycles. The van der Waals surface area contributed by atoms with Gasteiger partial charge in [-0.15, -0.1) is 0 Å². The molecule has 1 amide bonds. The first-order valence-corrected chi connectivity index (χ1v) is 7.12. The van der Waals surface area contributed by atoms with Crippen molar-refractivity contribution in [3.8, 4) is 0 Å². The molecule has 0 atom stereocenters. The molecule has 1 fully saturated rings.